The second kappa shape index (κ2) is 8.31. The van der Waals surface area contributed by atoms with Crippen LogP contribution in [0.1, 0.15) is 57.6 Å². The highest BCUT2D eigenvalue weighted by Crippen LogP contribution is 2.27. The third-order valence-corrected chi connectivity index (χ3v) is 4.21. The summed E-state index contributed by atoms with van der Waals surface area (Å²) in [6.45, 7) is 3.37. The molecule has 1 fully saturated rings. The van der Waals surface area contributed by atoms with Crippen LogP contribution in [0, 0.1) is 5.92 Å². The number of rotatable bonds is 7. The van der Waals surface area contributed by atoms with E-state index in [4.69, 9.17) is 0 Å². The fourth-order valence-electron chi connectivity index (χ4n) is 3.18. The SMILES string of the molecule is CCCNC(Cc1ccccn1)CC1CCCCC1. The minimum Gasteiger partial charge on any atom is -0.314 e. The Kier molecular flexibility index (Phi) is 6.35. The Morgan fingerprint density at radius 3 is 2.79 bits per heavy atom. The van der Waals surface area contributed by atoms with Crippen LogP contribution in [0.25, 0.3) is 0 Å². The molecule has 2 heteroatoms. The van der Waals surface area contributed by atoms with Crippen LogP contribution in [0.15, 0.2) is 24.4 Å². The molecule has 1 heterocycles. The molecule has 0 bridgehead atoms. The lowest BCUT2D eigenvalue weighted by Crippen LogP contribution is -2.34. The highest BCUT2D eigenvalue weighted by atomic mass is 14.9. The number of hydrogen-bond acceptors (Lipinski definition) is 2. The summed E-state index contributed by atoms with van der Waals surface area (Å²) >= 11 is 0. The highest BCUT2D eigenvalue weighted by Gasteiger charge is 2.19. The van der Waals surface area contributed by atoms with Crippen molar-refractivity contribution in [1.82, 2.24) is 10.3 Å². The topological polar surface area (TPSA) is 24.9 Å². The van der Waals surface area contributed by atoms with Gasteiger partial charge < -0.3 is 5.32 Å². The summed E-state index contributed by atoms with van der Waals surface area (Å²) in [5.41, 5.74) is 1.23. The Morgan fingerprint density at radius 1 is 1.26 bits per heavy atom. The van der Waals surface area contributed by atoms with Gasteiger partial charge in [-0.2, -0.15) is 0 Å². The Balaban J connectivity index is 1.87. The monoisotopic (exact) mass is 260 g/mol. The molecular formula is C17H28N2. The van der Waals surface area contributed by atoms with Crippen molar-refractivity contribution >= 4 is 0 Å². The van der Waals surface area contributed by atoms with E-state index in [0.717, 1.165) is 18.9 Å². The summed E-state index contributed by atoms with van der Waals surface area (Å²) in [5.74, 6) is 0.937. The van der Waals surface area contributed by atoms with Crippen molar-refractivity contribution in [3.63, 3.8) is 0 Å². The molecule has 0 saturated heterocycles. The predicted molar refractivity (Wildman–Crippen MR) is 81.2 cm³/mol. The number of nitrogens with zero attached hydrogens (tertiary/aromatic N) is 1. The van der Waals surface area contributed by atoms with Gasteiger partial charge in [-0.3, -0.25) is 4.98 Å². The fourth-order valence-corrected chi connectivity index (χ4v) is 3.18. The van der Waals surface area contributed by atoms with Crippen LogP contribution >= 0.6 is 0 Å². The van der Waals surface area contributed by atoms with Crippen molar-refractivity contribution in [2.24, 2.45) is 5.92 Å². The second-order valence-electron chi connectivity index (χ2n) is 5.92. The molecule has 1 unspecified atom stereocenters. The second-order valence-corrected chi connectivity index (χ2v) is 5.92. The predicted octanol–water partition coefficient (Wildman–Crippen LogP) is 3.96. The quantitative estimate of drug-likeness (QED) is 0.802. The lowest BCUT2D eigenvalue weighted by atomic mass is 9.84. The largest absolute Gasteiger partial charge is 0.314 e. The number of pyridine rings is 1. The first-order valence-electron chi connectivity index (χ1n) is 8.01. The van der Waals surface area contributed by atoms with Gasteiger partial charge >= 0.3 is 0 Å². The van der Waals surface area contributed by atoms with E-state index in [9.17, 15) is 0 Å². The number of aromatic nitrogens is 1. The summed E-state index contributed by atoms with van der Waals surface area (Å²) < 4.78 is 0. The molecule has 0 spiro atoms. The Bertz CT molecular complexity index is 330. The number of hydrogen-bond donors (Lipinski definition) is 1. The Morgan fingerprint density at radius 2 is 2.11 bits per heavy atom. The van der Waals surface area contributed by atoms with Crippen LogP contribution in [0.4, 0.5) is 0 Å². The lowest BCUT2D eigenvalue weighted by molar-refractivity contribution is 0.296. The summed E-state index contributed by atoms with van der Waals surface area (Å²) in [6, 6.07) is 6.86. The van der Waals surface area contributed by atoms with Crippen LogP contribution < -0.4 is 5.32 Å². The van der Waals surface area contributed by atoms with Crippen molar-refractivity contribution < 1.29 is 0 Å². The molecule has 0 aliphatic heterocycles. The molecule has 0 aromatic carbocycles. The molecule has 1 aliphatic carbocycles. The number of nitrogens with one attached hydrogen (secondary N) is 1. The first-order valence-corrected chi connectivity index (χ1v) is 8.01. The first kappa shape index (κ1) is 14.5. The molecule has 2 rings (SSSR count). The van der Waals surface area contributed by atoms with Gasteiger partial charge in [-0.1, -0.05) is 45.1 Å². The van der Waals surface area contributed by atoms with Crippen molar-refractivity contribution in [3.05, 3.63) is 30.1 Å². The maximum absolute atomic E-state index is 4.48. The third kappa shape index (κ3) is 5.32. The highest BCUT2D eigenvalue weighted by molar-refractivity contribution is 5.05. The molecular weight excluding hydrogens is 232 g/mol. The van der Waals surface area contributed by atoms with Crippen LogP contribution in [-0.4, -0.2) is 17.6 Å². The van der Waals surface area contributed by atoms with Crippen LogP contribution in [-0.2, 0) is 6.42 Å². The summed E-state index contributed by atoms with van der Waals surface area (Å²) in [4.78, 5) is 4.48. The van der Waals surface area contributed by atoms with Gasteiger partial charge in [0.1, 0.15) is 0 Å². The van der Waals surface area contributed by atoms with Crippen LogP contribution in [0.2, 0.25) is 0 Å². The van der Waals surface area contributed by atoms with Gasteiger partial charge in [0.15, 0.2) is 0 Å². The average Bonchev–Trinajstić information content (AvgIpc) is 2.47. The van der Waals surface area contributed by atoms with E-state index in [-0.39, 0.29) is 0 Å². The van der Waals surface area contributed by atoms with Gasteiger partial charge in [0, 0.05) is 24.4 Å². The molecule has 1 saturated carbocycles. The smallest absolute Gasteiger partial charge is 0.0419 e. The van der Waals surface area contributed by atoms with E-state index in [1.54, 1.807) is 0 Å². The van der Waals surface area contributed by atoms with Gasteiger partial charge in [0.2, 0.25) is 0 Å². The van der Waals surface area contributed by atoms with E-state index in [0.29, 0.717) is 6.04 Å². The summed E-state index contributed by atoms with van der Waals surface area (Å²) in [5, 5.41) is 3.73. The zero-order valence-corrected chi connectivity index (χ0v) is 12.3. The third-order valence-electron chi connectivity index (χ3n) is 4.21. The molecule has 1 aliphatic rings. The summed E-state index contributed by atoms with van der Waals surface area (Å²) in [6.07, 6.45) is 12.7. The molecule has 106 valence electrons. The van der Waals surface area contributed by atoms with Crippen LogP contribution in [0.3, 0.4) is 0 Å². The molecule has 1 aromatic heterocycles. The fraction of sp³-hybridized carbons (Fsp3) is 0.706. The minimum atomic E-state index is 0.609. The maximum atomic E-state index is 4.48. The standard InChI is InChI=1S/C17H28N2/c1-2-11-18-17(13-15-8-4-3-5-9-15)14-16-10-6-7-12-19-16/h6-7,10,12,15,17-18H,2-5,8-9,11,13-14H2,1H3. The Hall–Kier alpha value is -0.890. The Labute approximate surface area is 118 Å². The normalized spacial score (nSPS) is 18.4. The van der Waals surface area contributed by atoms with Gasteiger partial charge in [-0.25, -0.2) is 0 Å². The molecule has 0 radical (unpaired) electrons. The van der Waals surface area contributed by atoms with Gasteiger partial charge in [-0.15, -0.1) is 0 Å². The van der Waals surface area contributed by atoms with Crippen LogP contribution in [0.5, 0.6) is 0 Å². The van der Waals surface area contributed by atoms with E-state index in [1.165, 1.54) is 50.6 Å². The van der Waals surface area contributed by atoms with Gasteiger partial charge in [0.25, 0.3) is 0 Å². The van der Waals surface area contributed by atoms with E-state index >= 15 is 0 Å². The van der Waals surface area contributed by atoms with E-state index in [2.05, 4.69) is 29.4 Å². The lowest BCUT2D eigenvalue weighted by Gasteiger charge is -2.27. The van der Waals surface area contributed by atoms with E-state index in [1.807, 2.05) is 12.3 Å². The molecule has 2 nitrogen and oxygen atoms in total. The minimum absolute atomic E-state index is 0.609. The zero-order valence-electron chi connectivity index (χ0n) is 12.3. The molecule has 1 N–H and O–H groups in total. The van der Waals surface area contributed by atoms with Crippen molar-refractivity contribution in [2.75, 3.05) is 6.54 Å². The average molecular weight is 260 g/mol. The maximum Gasteiger partial charge on any atom is 0.0419 e. The summed E-state index contributed by atoms with van der Waals surface area (Å²) in [7, 11) is 0. The van der Waals surface area contributed by atoms with Gasteiger partial charge in [0.05, 0.1) is 0 Å². The molecule has 1 atom stereocenters. The van der Waals surface area contributed by atoms with Crippen molar-refractivity contribution in [2.45, 2.75) is 64.3 Å². The van der Waals surface area contributed by atoms with Gasteiger partial charge in [-0.05, 0) is 37.4 Å². The molecule has 19 heavy (non-hydrogen) atoms. The molecule has 1 aromatic rings. The van der Waals surface area contributed by atoms with Crippen molar-refractivity contribution in [1.29, 1.82) is 0 Å². The van der Waals surface area contributed by atoms with Crippen molar-refractivity contribution in [3.8, 4) is 0 Å². The first-order chi connectivity index (χ1) is 9.38. The zero-order chi connectivity index (χ0) is 13.3. The molecule has 0 amide bonds. The van der Waals surface area contributed by atoms with E-state index < -0.39 is 0 Å².